The number of nitrogens with one attached hydrogen (secondary N) is 2. The average Bonchev–Trinajstić information content (AvgIpc) is 3.19. The molecule has 1 aliphatic rings. The third-order valence-electron chi connectivity index (χ3n) is 5.05. The molecule has 0 radical (unpaired) electrons. The molecule has 29 heavy (non-hydrogen) atoms. The predicted octanol–water partition coefficient (Wildman–Crippen LogP) is 3.32. The van der Waals surface area contributed by atoms with Crippen molar-refractivity contribution in [2.24, 2.45) is 4.99 Å². The molecule has 1 unspecified atom stereocenters. The molecular formula is C20H26F3N5S. The fourth-order valence-electron chi connectivity index (χ4n) is 3.33. The van der Waals surface area contributed by atoms with Gasteiger partial charge in [0, 0.05) is 51.1 Å². The highest BCUT2D eigenvalue weighted by Gasteiger charge is 2.33. The first kappa shape index (κ1) is 21.6. The minimum absolute atomic E-state index is 0.329. The summed E-state index contributed by atoms with van der Waals surface area (Å²) in [6.07, 6.45) is -2.91. The molecule has 0 aliphatic carbocycles. The quantitative estimate of drug-likeness (QED) is 0.551. The number of thiazole rings is 1. The molecule has 5 nitrogen and oxygen atoms in total. The third-order valence-corrected chi connectivity index (χ3v) is 5.95. The van der Waals surface area contributed by atoms with E-state index in [0.717, 1.165) is 42.8 Å². The van der Waals surface area contributed by atoms with E-state index in [2.05, 4.69) is 56.7 Å². The van der Waals surface area contributed by atoms with E-state index in [-0.39, 0.29) is 0 Å². The summed E-state index contributed by atoms with van der Waals surface area (Å²) in [7, 11) is 1.68. The molecule has 1 aromatic heterocycles. The third kappa shape index (κ3) is 5.93. The first-order chi connectivity index (χ1) is 13.9. The number of alkyl halides is 3. The van der Waals surface area contributed by atoms with E-state index in [1.54, 1.807) is 7.05 Å². The summed E-state index contributed by atoms with van der Waals surface area (Å²) < 4.78 is 37.8. The number of hydrogen-bond acceptors (Lipinski definition) is 4. The SMILES string of the molecule is CN=C(NCCc1nc(C(F)(F)F)cs1)NCC(C)N1CCc2ccccc2C1. The first-order valence-electron chi connectivity index (χ1n) is 9.63. The van der Waals surface area contributed by atoms with Gasteiger partial charge in [0.15, 0.2) is 11.7 Å². The number of nitrogens with zero attached hydrogens (tertiary/aromatic N) is 3. The smallest absolute Gasteiger partial charge is 0.356 e. The lowest BCUT2D eigenvalue weighted by Crippen LogP contribution is -2.47. The van der Waals surface area contributed by atoms with Crippen molar-refractivity contribution in [3.05, 3.63) is 51.5 Å². The molecule has 0 amide bonds. The fourth-order valence-corrected chi connectivity index (χ4v) is 4.14. The van der Waals surface area contributed by atoms with Crippen molar-refractivity contribution in [3.63, 3.8) is 0 Å². The molecule has 158 valence electrons. The summed E-state index contributed by atoms with van der Waals surface area (Å²) in [5.41, 5.74) is 1.99. The van der Waals surface area contributed by atoms with Crippen LogP contribution in [0.1, 0.15) is 28.8 Å². The van der Waals surface area contributed by atoms with Crippen LogP contribution in [-0.2, 0) is 25.6 Å². The van der Waals surface area contributed by atoms with Crippen molar-refractivity contribution in [1.29, 1.82) is 0 Å². The number of halogens is 3. The molecule has 3 rings (SSSR count). The molecule has 2 N–H and O–H groups in total. The molecule has 0 bridgehead atoms. The molecule has 1 atom stereocenters. The molecule has 2 heterocycles. The summed E-state index contributed by atoms with van der Waals surface area (Å²) in [5, 5.41) is 7.97. The standard InChI is InChI=1S/C20H26F3N5S/c1-14(28-10-8-15-5-3-4-6-16(15)12-28)11-26-19(24-2)25-9-7-18-27-17(13-29-18)20(21,22)23/h3-6,13-14H,7-12H2,1-2H3,(H2,24,25,26). The molecule has 0 spiro atoms. The zero-order valence-corrected chi connectivity index (χ0v) is 17.4. The van der Waals surface area contributed by atoms with Crippen LogP contribution in [-0.4, -0.2) is 48.6 Å². The Balaban J connectivity index is 1.42. The summed E-state index contributed by atoms with van der Waals surface area (Å²) in [5.74, 6) is 0.641. The Kier molecular flexibility index (Phi) is 7.13. The number of fused-ring (bicyclic) bond motifs is 1. The highest BCUT2D eigenvalue weighted by molar-refractivity contribution is 7.09. The summed E-state index contributed by atoms with van der Waals surface area (Å²) >= 11 is 1.03. The van der Waals surface area contributed by atoms with E-state index in [1.807, 2.05) is 0 Å². The van der Waals surface area contributed by atoms with Gasteiger partial charge in [-0.15, -0.1) is 11.3 Å². The predicted molar refractivity (Wildman–Crippen MR) is 110 cm³/mol. The van der Waals surface area contributed by atoms with Gasteiger partial charge in [0.05, 0.1) is 5.01 Å². The van der Waals surface area contributed by atoms with Gasteiger partial charge in [0.25, 0.3) is 0 Å². The van der Waals surface area contributed by atoms with Gasteiger partial charge < -0.3 is 10.6 Å². The van der Waals surface area contributed by atoms with Crippen LogP contribution in [0.5, 0.6) is 0 Å². The van der Waals surface area contributed by atoms with Crippen LogP contribution < -0.4 is 10.6 Å². The first-order valence-corrected chi connectivity index (χ1v) is 10.5. The molecule has 0 saturated carbocycles. The Labute approximate surface area is 173 Å². The van der Waals surface area contributed by atoms with Gasteiger partial charge in [-0.1, -0.05) is 24.3 Å². The lowest BCUT2D eigenvalue weighted by molar-refractivity contribution is -0.140. The Morgan fingerprint density at radius 3 is 2.72 bits per heavy atom. The largest absolute Gasteiger partial charge is 0.434 e. The van der Waals surface area contributed by atoms with Gasteiger partial charge >= 0.3 is 6.18 Å². The second-order valence-electron chi connectivity index (χ2n) is 7.09. The van der Waals surface area contributed by atoms with Crippen LogP contribution in [0, 0.1) is 0 Å². The Morgan fingerprint density at radius 2 is 2.03 bits per heavy atom. The number of guanidine groups is 1. The number of benzene rings is 1. The van der Waals surface area contributed by atoms with E-state index in [0.29, 0.717) is 30.0 Å². The fraction of sp³-hybridized carbons (Fsp3) is 0.500. The second-order valence-corrected chi connectivity index (χ2v) is 8.03. The highest BCUT2D eigenvalue weighted by atomic mass is 32.1. The van der Waals surface area contributed by atoms with Crippen molar-refractivity contribution in [2.45, 2.75) is 38.5 Å². The maximum absolute atomic E-state index is 12.6. The monoisotopic (exact) mass is 425 g/mol. The van der Waals surface area contributed by atoms with E-state index in [9.17, 15) is 13.2 Å². The van der Waals surface area contributed by atoms with Gasteiger partial charge in [-0.25, -0.2) is 4.98 Å². The van der Waals surface area contributed by atoms with E-state index < -0.39 is 11.9 Å². The van der Waals surface area contributed by atoms with Crippen LogP contribution in [0.3, 0.4) is 0 Å². The van der Waals surface area contributed by atoms with Crippen LogP contribution in [0.4, 0.5) is 13.2 Å². The van der Waals surface area contributed by atoms with Crippen LogP contribution >= 0.6 is 11.3 Å². The summed E-state index contributed by atoms with van der Waals surface area (Å²) in [6, 6.07) is 8.88. The van der Waals surface area contributed by atoms with E-state index in [4.69, 9.17) is 0 Å². The number of rotatable bonds is 6. The zero-order valence-electron chi connectivity index (χ0n) is 16.6. The number of aromatic nitrogens is 1. The lowest BCUT2D eigenvalue weighted by Gasteiger charge is -2.34. The maximum atomic E-state index is 12.6. The van der Waals surface area contributed by atoms with Gasteiger partial charge in [0.2, 0.25) is 0 Å². The van der Waals surface area contributed by atoms with E-state index in [1.165, 1.54) is 11.1 Å². The number of hydrogen-bond donors (Lipinski definition) is 2. The molecule has 0 saturated heterocycles. The second kappa shape index (κ2) is 9.58. The molecule has 1 aromatic carbocycles. The topological polar surface area (TPSA) is 52.6 Å². The average molecular weight is 426 g/mol. The van der Waals surface area contributed by atoms with Crippen LogP contribution in [0.25, 0.3) is 0 Å². The Morgan fingerprint density at radius 1 is 1.28 bits per heavy atom. The van der Waals surface area contributed by atoms with Gasteiger partial charge in [0.1, 0.15) is 0 Å². The van der Waals surface area contributed by atoms with Crippen molar-refractivity contribution in [1.82, 2.24) is 20.5 Å². The van der Waals surface area contributed by atoms with Gasteiger partial charge in [-0.3, -0.25) is 9.89 Å². The van der Waals surface area contributed by atoms with Crippen LogP contribution in [0.15, 0.2) is 34.6 Å². The van der Waals surface area contributed by atoms with Crippen molar-refractivity contribution in [2.75, 3.05) is 26.7 Å². The highest BCUT2D eigenvalue weighted by Crippen LogP contribution is 2.30. The van der Waals surface area contributed by atoms with Crippen molar-refractivity contribution < 1.29 is 13.2 Å². The number of aliphatic imine (C=N–C) groups is 1. The van der Waals surface area contributed by atoms with Gasteiger partial charge in [-0.05, 0) is 24.5 Å². The molecular weight excluding hydrogens is 399 g/mol. The molecule has 2 aromatic rings. The zero-order chi connectivity index (χ0) is 20.9. The van der Waals surface area contributed by atoms with E-state index >= 15 is 0 Å². The van der Waals surface area contributed by atoms with Crippen molar-refractivity contribution in [3.8, 4) is 0 Å². The summed E-state index contributed by atoms with van der Waals surface area (Å²) in [6.45, 7) is 5.35. The molecule has 1 aliphatic heterocycles. The Bertz CT molecular complexity index is 834. The maximum Gasteiger partial charge on any atom is 0.434 e. The summed E-state index contributed by atoms with van der Waals surface area (Å²) in [4.78, 5) is 10.3. The normalized spacial score (nSPS) is 16.4. The molecule has 9 heteroatoms. The van der Waals surface area contributed by atoms with Crippen LogP contribution in [0.2, 0.25) is 0 Å². The minimum atomic E-state index is -4.38. The lowest BCUT2D eigenvalue weighted by atomic mass is 9.99. The molecule has 0 fully saturated rings. The minimum Gasteiger partial charge on any atom is -0.356 e. The Hall–Kier alpha value is -2.13. The van der Waals surface area contributed by atoms with Crippen molar-refractivity contribution >= 4 is 17.3 Å². The van der Waals surface area contributed by atoms with Gasteiger partial charge in [-0.2, -0.15) is 13.2 Å².